The Morgan fingerprint density at radius 1 is 0.791 bits per heavy atom. The van der Waals surface area contributed by atoms with Crippen molar-refractivity contribution in [1.29, 1.82) is 0 Å². The predicted octanol–water partition coefficient (Wildman–Crippen LogP) is -7.66. The summed E-state index contributed by atoms with van der Waals surface area (Å²) in [5, 5.41) is 110. The van der Waals surface area contributed by atoms with Crippen molar-refractivity contribution in [2.45, 2.75) is 99.2 Å². The highest BCUT2D eigenvalue weighted by molar-refractivity contribution is 5.78. The highest BCUT2D eigenvalue weighted by Gasteiger charge is 2.55. The van der Waals surface area contributed by atoms with Crippen molar-refractivity contribution in [3.63, 3.8) is 0 Å². The lowest BCUT2D eigenvalue weighted by Gasteiger charge is -2.45. The molecule has 0 aromatic rings. The second-order valence-electron chi connectivity index (χ2n) is 10.0. The van der Waals surface area contributed by atoms with Gasteiger partial charge in [-0.05, 0) is 0 Å². The number of rotatable bonds is 10. The molecule has 20 heteroatoms. The number of aliphatic hydroxyl groups excluding tert-OH is 8. The van der Waals surface area contributed by atoms with E-state index in [1.165, 1.54) is 0 Å². The summed E-state index contributed by atoms with van der Waals surface area (Å²) in [4.78, 5) is 44.9. The van der Waals surface area contributed by atoms with Gasteiger partial charge in [-0.25, -0.2) is 9.59 Å². The Labute approximate surface area is 244 Å². The smallest absolute Gasteiger partial charge is 0.366 e. The van der Waals surface area contributed by atoms with Crippen LogP contribution in [0.15, 0.2) is 0 Å². The van der Waals surface area contributed by atoms with Gasteiger partial charge in [0.1, 0.15) is 36.6 Å². The number of hydrogen-bond acceptors (Lipinski definition) is 17. The third-order valence-electron chi connectivity index (χ3n) is 6.58. The highest BCUT2D eigenvalue weighted by atomic mass is 16.7. The van der Waals surface area contributed by atoms with Gasteiger partial charge in [0.25, 0.3) is 11.6 Å². The normalized spacial score (nSPS) is 35.2. The average Bonchev–Trinajstić information content (AvgIpc) is 2.93. The monoisotopic (exact) mass is 632 g/mol. The van der Waals surface area contributed by atoms with Gasteiger partial charge in [-0.1, -0.05) is 0 Å². The maximum absolute atomic E-state index is 11.6. The van der Waals surface area contributed by atoms with E-state index in [-0.39, 0.29) is 0 Å². The average molecular weight is 633 g/mol. The van der Waals surface area contributed by atoms with E-state index in [1.54, 1.807) is 0 Å². The fourth-order valence-corrected chi connectivity index (χ4v) is 4.42. The van der Waals surface area contributed by atoms with Crippen LogP contribution < -0.4 is 10.6 Å². The van der Waals surface area contributed by atoms with Crippen molar-refractivity contribution in [2.24, 2.45) is 0 Å². The van der Waals surface area contributed by atoms with Crippen molar-refractivity contribution in [3.05, 3.63) is 0 Å². The molecule has 0 aliphatic carbocycles. The minimum atomic E-state index is -2.78. The van der Waals surface area contributed by atoms with Crippen LogP contribution in [-0.2, 0) is 33.4 Å². The van der Waals surface area contributed by atoms with E-state index >= 15 is 0 Å². The molecule has 12 atom stereocenters. The Morgan fingerprint density at radius 2 is 1.14 bits per heavy atom. The quantitative estimate of drug-likeness (QED) is 0.0994. The number of esters is 1. The number of carboxylic acid groups (broad SMARTS) is 1. The highest BCUT2D eigenvalue weighted by Crippen LogP contribution is 2.32. The van der Waals surface area contributed by atoms with Gasteiger partial charge >= 0.3 is 11.9 Å². The number of ether oxygens (including phenoxy) is 3. The maximum Gasteiger partial charge on any atom is 0.366 e. The number of carbonyl (C=O) groups is 4. The molecule has 0 aromatic heterocycles. The number of methoxy groups -OCH3 is 1. The number of amides is 2. The molecule has 2 heterocycles. The number of carbonyl (C=O) groups excluding carboxylic acids is 3. The molecule has 20 nitrogen and oxygen atoms in total. The molecule has 2 fully saturated rings. The van der Waals surface area contributed by atoms with E-state index in [4.69, 9.17) is 24.8 Å². The summed E-state index contributed by atoms with van der Waals surface area (Å²) in [5.41, 5.74) is 0. The number of aliphatic carboxylic acids is 1. The molecule has 2 saturated heterocycles. The fraction of sp³-hybridized carbons (Fsp3) is 0.826. The number of nitrogens with one attached hydrogen (secondary N) is 2. The van der Waals surface area contributed by atoms with Crippen LogP contribution in [0.3, 0.4) is 0 Å². The predicted molar refractivity (Wildman–Crippen MR) is 134 cm³/mol. The lowest BCUT2D eigenvalue weighted by molar-refractivity contribution is -0.296. The largest absolute Gasteiger partial charge is 0.477 e. The van der Waals surface area contributed by atoms with Gasteiger partial charge in [0, 0.05) is 26.7 Å². The van der Waals surface area contributed by atoms with E-state index in [9.17, 15) is 60.0 Å². The molecule has 2 rings (SSSR count). The SMILES string of the molecule is CC(=O)N[C@H]1[C@H]([C@H](O)[C@H](O)CO)OC(O)(C(=O)O)C[C@@H]1O.COC(=O)C1(O)C[C@H](O)[C@@H](NC(C)=O)[C@H]([C@H](O)[C@H](O)CO)O1. The fourth-order valence-electron chi connectivity index (χ4n) is 4.42. The van der Waals surface area contributed by atoms with Crippen LogP contribution in [0, 0.1) is 0 Å². The van der Waals surface area contributed by atoms with Crippen molar-refractivity contribution >= 4 is 23.8 Å². The lowest BCUT2D eigenvalue weighted by Crippen LogP contribution is -2.67. The summed E-state index contributed by atoms with van der Waals surface area (Å²) >= 11 is 0. The number of aliphatic hydroxyl groups is 10. The van der Waals surface area contributed by atoms with Crippen molar-refractivity contribution < 1.29 is 89.6 Å². The summed E-state index contributed by atoms with van der Waals surface area (Å²) < 4.78 is 14.3. The molecule has 0 aromatic carbocycles. The summed E-state index contributed by atoms with van der Waals surface area (Å²) in [7, 11) is 0.990. The van der Waals surface area contributed by atoms with Crippen LogP contribution in [0.1, 0.15) is 26.7 Å². The Balaban J connectivity index is 0.000000430. The first-order chi connectivity index (χ1) is 19.8. The van der Waals surface area contributed by atoms with Crippen molar-refractivity contribution in [3.8, 4) is 0 Å². The zero-order chi connectivity index (χ0) is 33.4. The molecule has 250 valence electrons. The summed E-state index contributed by atoms with van der Waals surface area (Å²) in [6, 6.07) is -2.48. The zero-order valence-corrected chi connectivity index (χ0v) is 23.4. The summed E-state index contributed by atoms with van der Waals surface area (Å²) in [6.07, 6.45) is -14.6. The van der Waals surface area contributed by atoms with Gasteiger partial charge in [0.05, 0.1) is 44.6 Å². The molecular weight excluding hydrogens is 592 g/mol. The minimum Gasteiger partial charge on any atom is -0.477 e. The molecule has 0 radical (unpaired) electrons. The van der Waals surface area contributed by atoms with Crippen LogP contribution >= 0.6 is 0 Å². The van der Waals surface area contributed by atoms with Gasteiger partial charge in [-0.2, -0.15) is 0 Å². The maximum atomic E-state index is 11.6. The van der Waals surface area contributed by atoms with E-state index in [2.05, 4.69) is 15.4 Å². The Bertz CT molecular complexity index is 971. The number of carboxylic acids is 1. The molecule has 2 unspecified atom stereocenters. The number of hydrogen-bond donors (Lipinski definition) is 13. The molecule has 2 amide bonds. The molecule has 0 spiro atoms. The van der Waals surface area contributed by atoms with E-state index in [0.717, 1.165) is 21.0 Å². The van der Waals surface area contributed by atoms with Crippen LogP contribution in [0.25, 0.3) is 0 Å². The van der Waals surface area contributed by atoms with Crippen LogP contribution in [-0.4, -0.2) is 173 Å². The van der Waals surface area contributed by atoms with Crippen LogP contribution in [0.5, 0.6) is 0 Å². The standard InChI is InChI=1S/C12H21NO9.C11H19NO9/c1-5(15)13-8-6(16)3-12(20,11(19)21-2)22-10(8)9(18)7(17)4-14;1-4(14)12-7-5(15)2-11(20,10(18)19)21-9(7)8(17)6(16)3-13/h6-10,14,16-18,20H,3-4H2,1-2H3,(H,13,15);5-9,13,15-17,20H,2-3H2,1H3,(H,12,14)(H,18,19)/t6-,7+,8+,9+,10+,12?;5-,6+,7+,8+,9+,11?/m00/s1. The summed E-state index contributed by atoms with van der Waals surface area (Å²) in [5.74, 6) is -9.49. The molecule has 0 saturated carbocycles. The first kappa shape index (κ1) is 38.4. The van der Waals surface area contributed by atoms with E-state index in [1.807, 2.05) is 0 Å². The molecule has 13 N–H and O–H groups in total. The first-order valence-corrected chi connectivity index (χ1v) is 12.7. The third kappa shape index (κ3) is 9.69. The van der Waals surface area contributed by atoms with Crippen LogP contribution in [0.2, 0.25) is 0 Å². The minimum absolute atomic E-state index is 0.563. The molecule has 2 aliphatic heterocycles. The Morgan fingerprint density at radius 3 is 1.44 bits per heavy atom. The van der Waals surface area contributed by atoms with Crippen LogP contribution in [0.4, 0.5) is 0 Å². The third-order valence-corrected chi connectivity index (χ3v) is 6.58. The second kappa shape index (κ2) is 15.9. The topological polar surface area (TPSA) is 343 Å². The second-order valence-corrected chi connectivity index (χ2v) is 10.0. The Hall–Kier alpha value is -2.60. The van der Waals surface area contributed by atoms with Crippen molar-refractivity contribution in [2.75, 3.05) is 20.3 Å². The van der Waals surface area contributed by atoms with Gasteiger partial charge in [0.2, 0.25) is 11.8 Å². The van der Waals surface area contributed by atoms with Crippen molar-refractivity contribution in [1.82, 2.24) is 10.6 Å². The zero-order valence-electron chi connectivity index (χ0n) is 23.4. The van der Waals surface area contributed by atoms with Gasteiger partial charge < -0.3 is 81.0 Å². The van der Waals surface area contributed by atoms with Gasteiger partial charge in [-0.3, -0.25) is 9.59 Å². The molecule has 43 heavy (non-hydrogen) atoms. The molecular formula is C23H40N2O18. The molecule has 0 bridgehead atoms. The first-order valence-electron chi connectivity index (χ1n) is 12.7. The summed E-state index contributed by atoms with van der Waals surface area (Å²) in [6.45, 7) is 0.576. The van der Waals surface area contributed by atoms with Gasteiger partial charge in [0.15, 0.2) is 0 Å². The van der Waals surface area contributed by atoms with E-state index < -0.39 is 122 Å². The van der Waals surface area contributed by atoms with E-state index in [0.29, 0.717) is 0 Å². The molecule has 2 aliphatic rings. The van der Waals surface area contributed by atoms with Gasteiger partial charge in [-0.15, -0.1) is 0 Å². The Kier molecular flexibility index (Phi) is 14.2. The lowest BCUT2D eigenvalue weighted by atomic mass is 9.88.